The number of hydrogen-bond acceptors (Lipinski definition) is 2. The number of benzene rings is 1. The summed E-state index contributed by atoms with van der Waals surface area (Å²) < 4.78 is 2.27. The minimum atomic E-state index is 0.225. The van der Waals surface area contributed by atoms with Crippen molar-refractivity contribution >= 4 is 5.91 Å². The van der Waals surface area contributed by atoms with E-state index < -0.39 is 0 Å². The first-order valence-corrected chi connectivity index (χ1v) is 10.3. The summed E-state index contributed by atoms with van der Waals surface area (Å²) >= 11 is 0. The molecule has 146 valence electrons. The van der Waals surface area contributed by atoms with Gasteiger partial charge in [0.1, 0.15) is 0 Å². The van der Waals surface area contributed by atoms with Gasteiger partial charge in [-0.25, -0.2) is 0 Å². The van der Waals surface area contributed by atoms with Gasteiger partial charge in [0.2, 0.25) is 5.91 Å². The minimum Gasteiger partial charge on any atom is -0.345 e. The van der Waals surface area contributed by atoms with Gasteiger partial charge in [-0.2, -0.15) is 0 Å². The first-order chi connectivity index (χ1) is 13.1. The van der Waals surface area contributed by atoms with E-state index in [1.807, 2.05) is 6.07 Å². The second kappa shape index (κ2) is 9.75. The molecule has 0 unspecified atom stereocenters. The van der Waals surface area contributed by atoms with E-state index in [1.54, 1.807) is 0 Å². The quantitative estimate of drug-likeness (QED) is 0.759. The van der Waals surface area contributed by atoms with Gasteiger partial charge in [0, 0.05) is 30.5 Å². The Bertz CT molecular complexity index is 701. The average Bonchev–Trinajstić information content (AvgIpc) is 3.12. The van der Waals surface area contributed by atoms with Crippen LogP contribution in [-0.2, 0) is 17.9 Å². The van der Waals surface area contributed by atoms with Gasteiger partial charge in [-0.15, -0.1) is 0 Å². The fraction of sp³-hybridized carbons (Fsp3) is 0.522. The third kappa shape index (κ3) is 5.70. The van der Waals surface area contributed by atoms with E-state index in [9.17, 15) is 4.79 Å². The molecule has 1 aliphatic carbocycles. The number of carbonyl (C=O) groups is 1. The van der Waals surface area contributed by atoms with Crippen LogP contribution in [0.25, 0.3) is 0 Å². The van der Waals surface area contributed by atoms with Crippen LogP contribution in [0.1, 0.15) is 57.2 Å². The van der Waals surface area contributed by atoms with Crippen molar-refractivity contribution in [3.05, 3.63) is 59.9 Å². The number of aromatic nitrogens is 1. The first-order valence-electron chi connectivity index (χ1n) is 10.3. The summed E-state index contributed by atoms with van der Waals surface area (Å²) in [5.41, 5.74) is 2.49. The lowest BCUT2D eigenvalue weighted by atomic mass is 9.94. The molecule has 1 N–H and O–H groups in total. The summed E-state index contributed by atoms with van der Waals surface area (Å²) in [5, 5.41) is 3.30. The summed E-state index contributed by atoms with van der Waals surface area (Å²) in [7, 11) is 0. The lowest BCUT2D eigenvalue weighted by Gasteiger charge is -2.35. The Hall–Kier alpha value is -2.07. The van der Waals surface area contributed by atoms with Gasteiger partial charge in [0.15, 0.2) is 0 Å². The molecule has 0 spiro atoms. The molecule has 1 heterocycles. The van der Waals surface area contributed by atoms with Crippen molar-refractivity contribution in [2.75, 3.05) is 6.54 Å². The van der Waals surface area contributed by atoms with Crippen molar-refractivity contribution in [2.45, 2.75) is 71.1 Å². The van der Waals surface area contributed by atoms with Crippen LogP contribution >= 0.6 is 0 Å². The van der Waals surface area contributed by atoms with Crippen LogP contribution in [0.4, 0.5) is 0 Å². The zero-order valence-electron chi connectivity index (χ0n) is 16.7. The molecule has 4 heteroatoms. The first kappa shape index (κ1) is 19.7. The Kier molecular flexibility index (Phi) is 7.11. The lowest BCUT2D eigenvalue weighted by Crippen LogP contribution is -2.46. The zero-order valence-corrected chi connectivity index (χ0v) is 16.7. The van der Waals surface area contributed by atoms with Crippen LogP contribution in [0.15, 0.2) is 48.7 Å². The predicted octanol–water partition coefficient (Wildman–Crippen LogP) is 4.20. The smallest absolute Gasteiger partial charge is 0.237 e. The molecule has 1 saturated carbocycles. The lowest BCUT2D eigenvalue weighted by molar-refractivity contribution is -0.134. The topological polar surface area (TPSA) is 37.3 Å². The van der Waals surface area contributed by atoms with Crippen LogP contribution in [0.3, 0.4) is 0 Å². The number of hydrogen-bond donors (Lipinski definition) is 1. The Balaban J connectivity index is 1.73. The highest BCUT2D eigenvalue weighted by Crippen LogP contribution is 2.24. The van der Waals surface area contributed by atoms with Crippen LogP contribution in [0, 0.1) is 0 Å². The SMILES string of the molecule is CC(C)NCC(=O)N(Cc1cccn1Cc1ccccc1)C1CCCCC1. The van der Waals surface area contributed by atoms with E-state index in [4.69, 9.17) is 0 Å². The van der Waals surface area contributed by atoms with Crippen molar-refractivity contribution in [3.8, 4) is 0 Å². The number of nitrogens with one attached hydrogen (secondary N) is 1. The Morgan fingerprint density at radius 3 is 2.56 bits per heavy atom. The summed E-state index contributed by atoms with van der Waals surface area (Å²) in [6.45, 7) is 6.14. The molecular formula is C23H33N3O. The Labute approximate surface area is 163 Å². The number of nitrogens with zero attached hydrogens (tertiary/aromatic N) is 2. The van der Waals surface area contributed by atoms with Crippen molar-refractivity contribution in [1.29, 1.82) is 0 Å². The molecule has 0 radical (unpaired) electrons. The van der Waals surface area contributed by atoms with Crippen LogP contribution < -0.4 is 5.32 Å². The molecule has 0 atom stereocenters. The highest BCUT2D eigenvalue weighted by Gasteiger charge is 2.26. The standard InChI is InChI=1S/C23H33N3O/c1-19(2)24-16-23(27)26(21-12-7-4-8-13-21)18-22-14-9-15-25(22)17-20-10-5-3-6-11-20/h3,5-6,9-11,14-15,19,21,24H,4,7-8,12-13,16-18H2,1-2H3. The second-order valence-electron chi connectivity index (χ2n) is 7.96. The third-order valence-corrected chi connectivity index (χ3v) is 5.45. The van der Waals surface area contributed by atoms with Crippen LogP contribution in [0.5, 0.6) is 0 Å². The molecule has 4 nitrogen and oxygen atoms in total. The molecule has 0 bridgehead atoms. The summed E-state index contributed by atoms with van der Waals surface area (Å²) in [4.78, 5) is 15.1. The number of amides is 1. The molecule has 0 saturated heterocycles. The fourth-order valence-electron chi connectivity index (χ4n) is 3.91. The predicted molar refractivity (Wildman–Crippen MR) is 111 cm³/mol. The van der Waals surface area contributed by atoms with Gasteiger partial charge in [-0.3, -0.25) is 4.79 Å². The van der Waals surface area contributed by atoms with Crippen LogP contribution in [-0.4, -0.2) is 34.0 Å². The second-order valence-corrected chi connectivity index (χ2v) is 7.96. The van der Waals surface area contributed by atoms with Crippen molar-refractivity contribution in [1.82, 2.24) is 14.8 Å². The number of carbonyl (C=O) groups excluding carboxylic acids is 1. The highest BCUT2D eigenvalue weighted by molar-refractivity contribution is 5.78. The van der Waals surface area contributed by atoms with Gasteiger partial charge in [0.05, 0.1) is 13.1 Å². The molecule has 1 aromatic carbocycles. The Morgan fingerprint density at radius 2 is 1.85 bits per heavy atom. The maximum atomic E-state index is 13.0. The molecule has 1 amide bonds. The van der Waals surface area contributed by atoms with Gasteiger partial charge in [-0.05, 0) is 30.5 Å². The van der Waals surface area contributed by atoms with E-state index in [2.05, 4.69) is 71.2 Å². The molecule has 27 heavy (non-hydrogen) atoms. The molecule has 0 aliphatic heterocycles. The summed E-state index contributed by atoms with van der Waals surface area (Å²) in [6, 6.07) is 15.5. The summed E-state index contributed by atoms with van der Waals surface area (Å²) in [5.74, 6) is 0.225. The van der Waals surface area contributed by atoms with Crippen LogP contribution in [0.2, 0.25) is 0 Å². The molecule has 2 aromatic rings. The molecule has 1 aliphatic rings. The van der Waals surface area contributed by atoms with Gasteiger partial charge < -0.3 is 14.8 Å². The third-order valence-electron chi connectivity index (χ3n) is 5.45. The van der Waals surface area contributed by atoms with Gasteiger partial charge >= 0.3 is 0 Å². The monoisotopic (exact) mass is 367 g/mol. The van der Waals surface area contributed by atoms with E-state index in [0.29, 0.717) is 25.2 Å². The molecular weight excluding hydrogens is 334 g/mol. The van der Waals surface area contributed by atoms with Crippen molar-refractivity contribution < 1.29 is 4.79 Å². The fourth-order valence-corrected chi connectivity index (χ4v) is 3.91. The summed E-state index contributed by atoms with van der Waals surface area (Å²) in [6.07, 6.45) is 8.15. The average molecular weight is 368 g/mol. The maximum Gasteiger partial charge on any atom is 0.237 e. The maximum absolute atomic E-state index is 13.0. The molecule has 1 fully saturated rings. The largest absolute Gasteiger partial charge is 0.345 e. The molecule has 3 rings (SSSR count). The normalized spacial score (nSPS) is 15.2. The minimum absolute atomic E-state index is 0.225. The van der Waals surface area contributed by atoms with E-state index >= 15 is 0 Å². The van der Waals surface area contributed by atoms with E-state index in [1.165, 1.54) is 30.5 Å². The van der Waals surface area contributed by atoms with Gasteiger partial charge in [0.25, 0.3) is 0 Å². The van der Waals surface area contributed by atoms with Crippen molar-refractivity contribution in [2.24, 2.45) is 0 Å². The Morgan fingerprint density at radius 1 is 1.11 bits per heavy atom. The zero-order chi connectivity index (χ0) is 19.1. The molecule has 1 aromatic heterocycles. The number of rotatable bonds is 8. The van der Waals surface area contributed by atoms with E-state index in [-0.39, 0.29) is 5.91 Å². The highest BCUT2D eigenvalue weighted by atomic mass is 16.2. The van der Waals surface area contributed by atoms with Crippen molar-refractivity contribution in [3.63, 3.8) is 0 Å². The van der Waals surface area contributed by atoms with Gasteiger partial charge in [-0.1, -0.05) is 63.4 Å². The van der Waals surface area contributed by atoms with E-state index in [0.717, 1.165) is 19.4 Å².